The van der Waals surface area contributed by atoms with Crippen molar-refractivity contribution in [2.75, 3.05) is 7.11 Å². The molecule has 0 radical (unpaired) electrons. The van der Waals surface area contributed by atoms with Crippen LogP contribution in [0.25, 0.3) is 22.7 Å². The van der Waals surface area contributed by atoms with Gasteiger partial charge in [-0.25, -0.2) is 4.98 Å². The minimum absolute atomic E-state index is 0.602. The molecule has 3 aromatic rings. The van der Waals surface area contributed by atoms with E-state index < -0.39 is 0 Å². The first-order chi connectivity index (χ1) is 9.76. The van der Waals surface area contributed by atoms with Gasteiger partial charge in [-0.05, 0) is 36.4 Å². The highest BCUT2D eigenvalue weighted by Crippen LogP contribution is 2.26. The number of hydrogen-bond acceptors (Lipinski definition) is 3. The van der Waals surface area contributed by atoms with Crippen LogP contribution in [-0.2, 0) is 0 Å². The van der Waals surface area contributed by atoms with Crippen molar-refractivity contribution in [3.05, 3.63) is 59.3 Å². The fourth-order valence-corrected chi connectivity index (χ4v) is 2.16. The van der Waals surface area contributed by atoms with E-state index in [2.05, 4.69) is 20.9 Å². The third-order valence-electron chi connectivity index (χ3n) is 2.98. The Bertz CT molecular complexity index is 702. The number of ether oxygens (including phenoxy) is 1. The van der Waals surface area contributed by atoms with Crippen molar-refractivity contribution in [1.29, 1.82) is 0 Å². The van der Waals surface area contributed by atoms with Crippen LogP contribution in [0.5, 0.6) is 5.75 Å². The number of rotatable bonds is 3. The fourth-order valence-electron chi connectivity index (χ4n) is 1.89. The molecule has 100 valence electrons. The molecule has 0 N–H and O–H groups in total. The van der Waals surface area contributed by atoms with Crippen molar-refractivity contribution < 1.29 is 9.15 Å². The van der Waals surface area contributed by atoms with E-state index in [-0.39, 0.29) is 0 Å². The highest BCUT2D eigenvalue weighted by Gasteiger charge is 2.08. The second-order valence-corrected chi connectivity index (χ2v) is 5.19. The smallest absolute Gasteiger partial charge is 0.226 e. The van der Waals surface area contributed by atoms with Gasteiger partial charge in [0.05, 0.1) is 7.11 Å². The molecule has 0 fully saturated rings. The zero-order valence-corrected chi connectivity index (χ0v) is 12.4. The lowest BCUT2D eigenvalue weighted by atomic mass is 10.2. The van der Waals surface area contributed by atoms with Crippen LogP contribution >= 0.6 is 15.9 Å². The molecule has 0 unspecified atom stereocenters. The van der Waals surface area contributed by atoms with Crippen molar-refractivity contribution in [2.24, 2.45) is 0 Å². The summed E-state index contributed by atoms with van der Waals surface area (Å²) in [4.78, 5) is 4.51. The molecule has 1 aromatic heterocycles. The molecule has 2 aromatic carbocycles. The van der Waals surface area contributed by atoms with Crippen LogP contribution in [0.1, 0.15) is 0 Å². The van der Waals surface area contributed by atoms with Crippen LogP contribution in [0.2, 0.25) is 0 Å². The topological polar surface area (TPSA) is 35.3 Å². The quantitative estimate of drug-likeness (QED) is 0.693. The van der Waals surface area contributed by atoms with Gasteiger partial charge in [0.2, 0.25) is 5.89 Å². The van der Waals surface area contributed by atoms with E-state index in [1.54, 1.807) is 13.4 Å². The van der Waals surface area contributed by atoms with Crippen LogP contribution in [-0.4, -0.2) is 12.1 Å². The lowest BCUT2D eigenvalue weighted by Gasteiger charge is -1.99. The number of aromatic nitrogens is 1. The Morgan fingerprint density at radius 3 is 2.25 bits per heavy atom. The van der Waals surface area contributed by atoms with Crippen LogP contribution in [0.3, 0.4) is 0 Å². The molecule has 0 saturated heterocycles. The van der Waals surface area contributed by atoms with E-state index in [1.807, 2.05) is 48.5 Å². The summed E-state index contributed by atoms with van der Waals surface area (Å²) in [5.41, 5.74) is 2.77. The number of hydrogen-bond donors (Lipinski definition) is 0. The summed E-state index contributed by atoms with van der Waals surface area (Å²) in [5.74, 6) is 1.42. The second kappa shape index (κ2) is 5.51. The molecular weight excluding hydrogens is 318 g/mol. The van der Waals surface area contributed by atoms with E-state index in [1.165, 1.54) is 0 Å². The molecule has 0 aliphatic heterocycles. The maximum atomic E-state index is 5.55. The molecular formula is C16H12BrNO2. The maximum absolute atomic E-state index is 5.55. The Hall–Kier alpha value is -2.07. The monoisotopic (exact) mass is 329 g/mol. The lowest BCUT2D eigenvalue weighted by Crippen LogP contribution is -1.83. The Morgan fingerprint density at radius 1 is 0.950 bits per heavy atom. The summed E-state index contributed by atoms with van der Waals surface area (Å²) >= 11 is 3.42. The third kappa shape index (κ3) is 2.60. The van der Waals surface area contributed by atoms with E-state index in [0.29, 0.717) is 5.89 Å². The van der Waals surface area contributed by atoms with Gasteiger partial charge in [-0.15, -0.1) is 0 Å². The van der Waals surface area contributed by atoms with Crippen molar-refractivity contribution >= 4 is 15.9 Å². The average molecular weight is 330 g/mol. The lowest BCUT2D eigenvalue weighted by molar-refractivity contribution is 0.415. The van der Waals surface area contributed by atoms with Gasteiger partial charge < -0.3 is 9.15 Å². The van der Waals surface area contributed by atoms with Gasteiger partial charge in [-0.1, -0.05) is 28.1 Å². The Morgan fingerprint density at radius 2 is 1.60 bits per heavy atom. The maximum Gasteiger partial charge on any atom is 0.226 e. The molecule has 1 heterocycles. The van der Waals surface area contributed by atoms with Gasteiger partial charge in [0.1, 0.15) is 17.7 Å². The molecule has 0 spiro atoms. The van der Waals surface area contributed by atoms with Crippen molar-refractivity contribution in [2.45, 2.75) is 0 Å². The average Bonchev–Trinajstić information content (AvgIpc) is 2.98. The highest BCUT2D eigenvalue weighted by molar-refractivity contribution is 9.10. The van der Waals surface area contributed by atoms with E-state index in [0.717, 1.165) is 27.0 Å². The summed E-state index contributed by atoms with van der Waals surface area (Å²) in [6.07, 6.45) is 1.67. The zero-order valence-electron chi connectivity index (χ0n) is 10.8. The molecule has 0 atom stereocenters. The van der Waals surface area contributed by atoms with Crippen LogP contribution in [0.4, 0.5) is 0 Å². The van der Waals surface area contributed by atoms with E-state index >= 15 is 0 Å². The first-order valence-corrected chi connectivity index (χ1v) is 6.91. The molecule has 0 bridgehead atoms. The Kier molecular flexibility index (Phi) is 3.56. The van der Waals surface area contributed by atoms with Gasteiger partial charge in [0.25, 0.3) is 0 Å². The minimum atomic E-state index is 0.602. The molecule has 3 nitrogen and oxygen atoms in total. The molecule has 4 heteroatoms. The first kappa shape index (κ1) is 12.9. The van der Waals surface area contributed by atoms with E-state index in [4.69, 9.17) is 9.15 Å². The van der Waals surface area contributed by atoms with Crippen molar-refractivity contribution in [1.82, 2.24) is 4.98 Å². The minimum Gasteiger partial charge on any atom is -0.497 e. The first-order valence-electron chi connectivity index (χ1n) is 6.12. The van der Waals surface area contributed by atoms with Gasteiger partial charge in [0, 0.05) is 15.6 Å². The van der Waals surface area contributed by atoms with Crippen LogP contribution in [0.15, 0.2) is 63.7 Å². The van der Waals surface area contributed by atoms with Gasteiger partial charge in [-0.3, -0.25) is 0 Å². The predicted molar refractivity (Wildman–Crippen MR) is 81.6 cm³/mol. The zero-order chi connectivity index (χ0) is 13.9. The number of nitrogens with zero attached hydrogens (tertiary/aromatic N) is 1. The summed E-state index contributed by atoms with van der Waals surface area (Å²) in [7, 11) is 1.64. The Labute approximate surface area is 125 Å². The Balaban J connectivity index is 1.91. The van der Waals surface area contributed by atoms with Gasteiger partial charge >= 0.3 is 0 Å². The summed E-state index contributed by atoms with van der Waals surface area (Å²) in [6, 6.07) is 15.6. The summed E-state index contributed by atoms with van der Waals surface area (Å²) in [6.45, 7) is 0. The predicted octanol–water partition coefficient (Wildman–Crippen LogP) is 4.78. The number of benzene rings is 2. The number of methoxy groups -OCH3 is 1. The summed E-state index contributed by atoms with van der Waals surface area (Å²) in [5, 5.41) is 0. The van der Waals surface area contributed by atoms with Crippen molar-refractivity contribution in [3.63, 3.8) is 0 Å². The molecule has 0 saturated carbocycles. The normalized spacial score (nSPS) is 10.5. The second-order valence-electron chi connectivity index (χ2n) is 4.27. The number of oxazole rings is 1. The molecule has 20 heavy (non-hydrogen) atoms. The van der Waals surface area contributed by atoms with Crippen molar-refractivity contribution in [3.8, 4) is 28.5 Å². The molecule has 0 amide bonds. The SMILES string of the molecule is COc1ccc(-c2nc(-c3ccc(Br)cc3)co2)cc1. The van der Waals surface area contributed by atoms with Gasteiger partial charge in [-0.2, -0.15) is 0 Å². The molecule has 0 aliphatic carbocycles. The van der Waals surface area contributed by atoms with Gasteiger partial charge in [0.15, 0.2) is 0 Å². The largest absolute Gasteiger partial charge is 0.497 e. The van der Waals surface area contributed by atoms with Crippen LogP contribution < -0.4 is 4.74 Å². The van der Waals surface area contributed by atoms with Crippen LogP contribution in [0, 0.1) is 0 Å². The molecule has 0 aliphatic rings. The summed E-state index contributed by atoms with van der Waals surface area (Å²) < 4.78 is 11.7. The molecule has 3 rings (SSSR count). The standard InChI is InChI=1S/C16H12BrNO2/c1-19-14-8-4-12(5-9-14)16-18-15(10-20-16)11-2-6-13(17)7-3-11/h2-10H,1H3. The third-order valence-corrected chi connectivity index (χ3v) is 3.51. The fraction of sp³-hybridized carbons (Fsp3) is 0.0625. The van der Waals surface area contributed by atoms with E-state index in [9.17, 15) is 0 Å². The number of halogens is 1. The highest BCUT2D eigenvalue weighted by atomic mass is 79.9.